The van der Waals surface area contributed by atoms with Gasteiger partial charge in [-0.15, -0.1) is 0 Å². The first kappa shape index (κ1) is 13.7. The zero-order valence-electron chi connectivity index (χ0n) is 10.9. The van der Waals surface area contributed by atoms with Crippen molar-refractivity contribution in [3.8, 4) is 0 Å². The van der Waals surface area contributed by atoms with Crippen LogP contribution in [-0.4, -0.2) is 17.9 Å². The summed E-state index contributed by atoms with van der Waals surface area (Å²) in [5, 5.41) is 6.45. The SMILES string of the molecule is CNC1C(=O)Nc2cc(Sc3nc(C)co3)c(Br)cc21. The zero-order valence-corrected chi connectivity index (χ0v) is 13.3. The molecular weight excluding hydrogens is 342 g/mol. The number of carbonyl (C=O) groups is 1. The van der Waals surface area contributed by atoms with Gasteiger partial charge in [-0.25, -0.2) is 4.98 Å². The van der Waals surface area contributed by atoms with Gasteiger partial charge in [0, 0.05) is 20.6 Å². The molecule has 1 aromatic carbocycles. The van der Waals surface area contributed by atoms with Gasteiger partial charge in [-0.05, 0) is 53.8 Å². The number of rotatable bonds is 3. The molecular formula is C13H12BrN3O2S. The highest BCUT2D eigenvalue weighted by molar-refractivity contribution is 9.10. The van der Waals surface area contributed by atoms with Crippen molar-refractivity contribution in [2.45, 2.75) is 23.1 Å². The Hall–Kier alpha value is -1.31. The van der Waals surface area contributed by atoms with Gasteiger partial charge >= 0.3 is 0 Å². The lowest BCUT2D eigenvalue weighted by atomic mass is 10.1. The summed E-state index contributed by atoms with van der Waals surface area (Å²) >= 11 is 4.95. The van der Waals surface area contributed by atoms with Gasteiger partial charge in [0.2, 0.25) is 5.91 Å². The van der Waals surface area contributed by atoms with Gasteiger partial charge in [-0.3, -0.25) is 4.79 Å². The molecule has 2 heterocycles. The van der Waals surface area contributed by atoms with E-state index in [0.717, 1.165) is 26.3 Å². The van der Waals surface area contributed by atoms with Crippen LogP contribution in [0.15, 0.2) is 37.4 Å². The van der Waals surface area contributed by atoms with E-state index in [1.165, 1.54) is 11.8 Å². The molecule has 104 valence electrons. The lowest BCUT2D eigenvalue weighted by Crippen LogP contribution is -2.23. The van der Waals surface area contributed by atoms with Crippen LogP contribution < -0.4 is 10.6 Å². The lowest BCUT2D eigenvalue weighted by molar-refractivity contribution is -0.117. The van der Waals surface area contributed by atoms with Crippen molar-refractivity contribution in [1.82, 2.24) is 10.3 Å². The Kier molecular flexibility index (Phi) is 3.57. The number of amides is 1. The fraction of sp³-hybridized carbons (Fsp3) is 0.231. The van der Waals surface area contributed by atoms with Crippen LogP contribution >= 0.6 is 27.7 Å². The van der Waals surface area contributed by atoms with E-state index in [4.69, 9.17) is 4.42 Å². The zero-order chi connectivity index (χ0) is 14.3. The number of nitrogens with one attached hydrogen (secondary N) is 2. The molecule has 0 radical (unpaired) electrons. The molecule has 0 saturated carbocycles. The minimum absolute atomic E-state index is 0.0384. The molecule has 0 spiro atoms. The van der Waals surface area contributed by atoms with Crippen molar-refractivity contribution in [3.05, 3.63) is 34.1 Å². The highest BCUT2D eigenvalue weighted by atomic mass is 79.9. The number of aryl methyl sites for hydroxylation is 1. The Morgan fingerprint density at radius 1 is 1.50 bits per heavy atom. The standard InChI is InChI=1S/C13H12BrN3O2S/c1-6-5-19-13(16-6)20-10-4-9-7(3-8(10)14)11(15-2)12(18)17-9/h3-5,11,15H,1-2H3,(H,17,18). The highest BCUT2D eigenvalue weighted by Gasteiger charge is 2.30. The smallest absolute Gasteiger partial charge is 0.260 e. The van der Waals surface area contributed by atoms with Gasteiger partial charge in [0.15, 0.2) is 0 Å². The van der Waals surface area contributed by atoms with E-state index < -0.39 is 0 Å². The first-order chi connectivity index (χ1) is 9.58. The summed E-state index contributed by atoms with van der Waals surface area (Å²) in [6.07, 6.45) is 1.61. The molecule has 0 saturated heterocycles. The number of fused-ring (bicyclic) bond motifs is 1. The molecule has 0 aliphatic carbocycles. The fourth-order valence-electron chi connectivity index (χ4n) is 2.10. The molecule has 1 atom stereocenters. The van der Waals surface area contributed by atoms with Crippen LogP contribution in [0.2, 0.25) is 0 Å². The largest absolute Gasteiger partial charge is 0.439 e. The molecule has 1 amide bonds. The van der Waals surface area contributed by atoms with E-state index in [2.05, 4.69) is 31.5 Å². The second-order valence-electron chi connectivity index (χ2n) is 4.44. The van der Waals surface area contributed by atoms with Crippen LogP contribution in [0.5, 0.6) is 0 Å². The molecule has 7 heteroatoms. The topological polar surface area (TPSA) is 67.2 Å². The number of nitrogens with zero attached hydrogens (tertiary/aromatic N) is 1. The first-order valence-electron chi connectivity index (χ1n) is 6.00. The number of likely N-dealkylation sites (N-methyl/N-ethyl adjacent to an activating group) is 1. The quantitative estimate of drug-likeness (QED) is 0.887. The maximum atomic E-state index is 11.8. The molecule has 0 bridgehead atoms. The highest BCUT2D eigenvalue weighted by Crippen LogP contribution is 2.40. The summed E-state index contributed by atoms with van der Waals surface area (Å²) < 4.78 is 6.25. The molecule has 0 fully saturated rings. The Bertz CT molecular complexity index is 686. The average molecular weight is 354 g/mol. The van der Waals surface area contributed by atoms with Crippen molar-refractivity contribution < 1.29 is 9.21 Å². The molecule has 5 nitrogen and oxygen atoms in total. The molecule has 2 N–H and O–H groups in total. The fourth-order valence-corrected chi connectivity index (χ4v) is 3.51. The van der Waals surface area contributed by atoms with Gasteiger partial charge in [0.05, 0.1) is 5.69 Å². The van der Waals surface area contributed by atoms with Crippen LogP contribution in [0.3, 0.4) is 0 Å². The third-order valence-corrected chi connectivity index (χ3v) is 4.86. The van der Waals surface area contributed by atoms with Crippen LogP contribution in [-0.2, 0) is 4.79 Å². The summed E-state index contributed by atoms with van der Waals surface area (Å²) in [5.41, 5.74) is 2.61. The third-order valence-electron chi connectivity index (χ3n) is 3.02. The van der Waals surface area contributed by atoms with Crippen LogP contribution in [0, 0.1) is 6.92 Å². The molecule has 1 aromatic heterocycles. The Balaban J connectivity index is 1.95. The normalized spacial score (nSPS) is 17.1. The maximum Gasteiger partial charge on any atom is 0.260 e. The molecule has 1 unspecified atom stereocenters. The number of anilines is 1. The third kappa shape index (κ3) is 2.36. The summed E-state index contributed by atoms with van der Waals surface area (Å²) in [4.78, 5) is 17.0. The minimum Gasteiger partial charge on any atom is -0.439 e. The first-order valence-corrected chi connectivity index (χ1v) is 7.61. The number of halogens is 1. The van der Waals surface area contributed by atoms with Crippen molar-refractivity contribution in [2.24, 2.45) is 0 Å². The second kappa shape index (κ2) is 5.23. The second-order valence-corrected chi connectivity index (χ2v) is 6.29. The molecule has 2 aromatic rings. The summed E-state index contributed by atoms with van der Waals surface area (Å²) in [7, 11) is 1.77. The van der Waals surface area contributed by atoms with Crippen LogP contribution in [0.4, 0.5) is 5.69 Å². The number of carbonyl (C=O) groups excluding carboxylic acids is 1. The summed E-state index contributed by atoms with van der Waals surface area (Å²) in [5.74, 6) is -0.0384. The van der Waals surface area contributed by atoms with Crippen molar-refractivity contribution in [3.63, 3.8) is 0 Å². The van der Waals surface area contributed by atoms with Gasteiger partial charge in [0.25, 0.3) is 5.22 Å². The van der Waals surface area contributed by atoms with Gasteiger partial charge < -0.3 is 15.1 Å². The summed E-state index contributed by atoms with van der Waals surface area (Å²) in [6.45, 7) is 1.88. The average Bonchev–Trinajstić information content (AvgIpc) is 2.93. The molecule has 20 heavy (non-hydrogen) atoms. The van der Waals surface area contributed by atoms with E-state index in [1.807, 2.05) is 19.1 Å². The van der Waals surface area contributed by atoms with Crippen molar-refractivity contribution in [1.29, 1.82) is 0 Å². The van der Waals surface area contributed by atoms with Gasteiger partial charge in [0.1, 0.15) is 12.3 Å². The van der Waals surface area contributed by atoms with Gasteiger partial charge in [-0.1, -0.05) is 0 Å². The number of hydrogen-bond acceptors (Lipinski definition) is 5. The number of benzene rings is 1. The predicted molar refractivity (Wildman–Crippen MR) is 79.9 cm³/mol. The Morgan fingerprint density at radius 3 is 2.95 bits per heavy atom. The Morgan fingerprint density at radius 2 is 2.30 bits per heavy atom. The van der Waals surface area contributed by atoms with Crippen molar-refractivity contribution >= 4 is 39.3 Å². The van der Waals surface area contributed by atoms with Crippen LogP contribution in [0.1, 0.15) is 17.3 Å². The Labute approximate surface area is 128 Å². The monoisotopic (exact) mass is 353 g/mol. The molecule has 1 aliphatic heterocycles. The molecule has 1 aliphatic rings. The maximum absolute atomic E-state index is 11.8. The van der Waals surface area contributed by atoms with E-state index in [-0.39, 0.29) is 11.9 Å². The van der Waals surface area contributed by atoms with E-state index >= 15 is 0 Å². The van der Waals surface area contributed by atoms with Crippen molar-refractivity contribution in [2.75, 3.05) is 12.4 Å². The lowest BCUT2D eigenvalue weighted by Gasteiger charge is -2.08. The minimum atomic E-state index is -0.302. The van der Waals surface area contributed by atoms with E-state index in [1.54, 1.807) is 13.3 Å². The number of oxazole rings is 1. The summed E-state index contributed by atoms with van der Waals surface area (Å²) in [6, 6.07) is 3.58. The number of hydrogen-bond donors (Lipinski definition) is 2. The van der Waals surface area contributed by atoms with E-state index in [0.29, 0.717) is 5.22 Å². The van der Waals surface area contributed by atoms with Gasteiger partial charge in [-0.2, -0.15) is 0 Å². The van der Waals surface area contributed by atoms with Crippen LogP contribution in [0.25, 0.3) is 0 Å². The predicted octanol–water partition coefficient (Wildman–Crippen LogP) is 3.11. The number of aromatic nitrogens is 1. The van der Waals surface area contributed by atoms with E-state index in [9.17, 15) is 4.79 Å². The molecule has 3 rings (SSSR count).